The molecular weight excluding hydrogens is 500 g/mol. The van der Waals surface area contributed by atoms with Gasteiger partial charge in [-0.25, -0.2) is 14.6 Å². The van der Waals surface area contributed by atoms with Crippen molar-refractivity contribution >= 4 is 34.2 Å². The molecule has 0 atom stereocenters. The molecule has 1 aromatic heterocycles. The van der Waals surface area contributed by atoms with E-state index < -0.39 is 0 Å². The molecule has 3 heterocycles. The second-order valence-electron chi connectivity index (χ2n) is 10.5. The van der Waals surface area contributed by atoms with Crippen LogP contribution < -0.4 is 4.90 Å². The van der Waals surface area contributed by atoms with Crippen molar-refractivity contribution in [2.45, 2.75) is 39.3 Å². The van der Waals surface area contributed by atoms with Crippen LogP contribution in [0.4, 0.5) is 10.6 Å². The van der Waals surface area contributed by atoms with Crippen LogP contribution >= 0.6 is 0 Å². The Morgan fingerprint density at radius 2 is 1.70 bits per heavy atom. The van der Waals surface area contributed by atoms with E-state index in [-0.39, 0.29) is 18.7 Å². The van der Waals surface area contributed by atoms with Gasteiger partial charge >= 0.3 is 6.09 Å². The van der Waals surface area contributed by atoms with Crippen LogP contribution in [0.3, 0.4) is 0 Å². The van der Waals surface area contributed by atoms with Crippen LogP contribution in [0.25, 0.3) is 16.3 Å². The quantitative estimate of drug-likeness (QED) is 0.281. The van der Waals surface area contributed by atoms with Gasteiger partial charge in [-0.05, 0) is 54.2 Å². The predicted octanol–water partition coefficient (Wildman–Crippen LogP) is 6.33. The van der Waals surface area contributed by atoms with Gasteiger partial charge in [0, 0.05) is 31.2 Å². The summed E-state index contributed by atoms with van der Waals surface area (Å²) in [5.41, 5.74) is 4.61. The number of carbonyl (C=O) groups is 1. The first-order valence-corrected chi connectivity index (χ1v) is 13.8. The van der Waals surface area contributed by atoms with Gasteiger partial charge in [0.1, 0.15) is 23.9 Å². The molecule has 0 unspecified atom stereocenters. The monoisotopic (exact) mass is 532 g/mol. The van der Waals surface area contributed by atoms with E-state index in [2.05, 4.69) is 46.7 Å². The highest BCUT2D eigenvalue weighted by atomic mass is 16.6. The number of likely N-dealkylation sites (tertiary alicyclic amines) is 1. The molecule has 7 nitrogen and oxygen atoms in total. The number of ether oxygens (including phenoxy) is 1. The molecule has 1 saturated heterocycles. The van der Waals surface area contributed by atoms with Crippen LogP contribution in [0, 0.1) is 6.92 Å². The summed E-state index contributed by atoms with van der Waals surface area (Å²) in [6.07, 6.45) is 3.13. The molecule has 7 heteroatoms. The molecule has 0 radical (unpaired) electrons. The van der Waals surface area contributed by atoms with Crippen LogP contribution in [0.1, 0.15) is 42.8 Å². The zero-order chi connectivity index (χ0) is 27.6. The summed E-state index contributed by atoms with van der Waals surface area (Å²) in [6.45, 7) is 6.15. The van der Waals surface area contributed by atoms with Gasteiger partial charge in [-0.2, -0.15) is 0 Å². The van der Waals surface area contributed by atoms with Crippen molar-refractivity contribution in [2.24, 2.45) is 0 Å². The summed E-state index contributed by atoms with van der Waals surface area (Å²) in [5.74, 6) is 4.04. The number of nitrogens with zero attached hydrogens (tertiary/aromatic N) is 4. The number of hydrogen-bond donors (Lipinski definition) is 0. The zero-order valence-electron chi connectivity index (χ0n) is 22.8. The highest BCUT2D eigenvalue weighted by Gasteiger charge is 2.34. The molecule has 4 aromatic rings. The summed E-state index contributed by atoms with van der Waals surface area (Å²) in [6, 6.07) is 24.3. The third-order valence-electron chi connectivity index (χ3n) is 8.02. The Morgan fingerprint density at radius 3 is 2.48 bits per heavy atom. The molecule has 6 rings (SSSR count). The number of aryl methyl sites for hydroxylation is 1. The fourth-order valence-electron chi connectivity index (χ4n) is 6.04. The van der Waals surface area contributed by atoms with Crippen molar-refractivity contribution in [2.75, 3.05) is 24.5 Å². The molecule has 0 spiro atoms. The molecule has 0 bridgehead atoms. The van der Waals surface area contributed by atoms with Crippen molar-refractivity contribution in [3.63, 3.8) is 0 Å². The molecule has 0 N–H and O–H groups in total. The Hall–Kier alpha value is -4.61. The summed E-state index contributed by atoms with van der Waals surface area (Å²) in [5, 5.41) is 2.25. The maximum Gasteiger partial charge on any atom is 0.410 e. The normalized spacial score (nSPS) is 16.1. The molecule has 1 amide bonds. The molecule has 3 aromatic carbocycles. The number of hydrogen-bond acceptors (Lipinski definition) is 5. The number of benzene rings is 3. The van der Waals surface area contributed by atoms with Crippen molar-refractivity contribution in [3.8, 4) is 0 Å². The van der Waals surface area contributed by atoms with E-state index >= 15 is 0 Å². The first-order chi connectivity index (χ1) is 19.5. The Kier molecular flexibility index (Phi) is 6.97. The van der Waals surface area contributed by atoms with E-state index in [9.17, 15) is 9.59 Å². The number of aromatic nitrogens is 2. The summed E-state index contributed by atoms with van der Waals surface area (Å²) >= 11 is 0. The van der Waals surface area contributed by atoms with Crippen molar-refractivity contribution in [3.05, 3.63) is 107 Å². The van der Waals surface area contributed by atoms with E-state index in [0.717, 1.165) is 57.5 Å². The highest BCUT2D eigenvalue weighted by molar-refractivity contribution is 6.04. The largest absolute Gasteiger partial charge is 0.445 e. The lowest BCUT2D eigenvalue weighted by Gasteiger charge is -2.34. The summed E-state index contributed by atoms with van der Waals surface area (Å²) < 4.78 is 7.78. The third kappa shape index (κ3) is 4.69. The van der Waals surface area contributed by atoms with Crippen LogP contribution in [0.15, 0.2) is 90.3 Å². The van der Waals surface area contributed by atoms with Crippen molar-refractivity contribution in [1.82, 2.24) is 14.5 Å². The van der Waals surface area contributed by atoms with E-state index in [0.29, 0.717) is 25.3 Å². The smallest absolute Gasteiger partial charge is 0.410 e. The van der Waals surface area contributed by atoms with Gasteiger partial charge in [0.05, 0.1) is 6.20 Å². The second kappa shape index (κ2) is 10.9. The lowest BCUT2D eigenvalue weighted by molar-refractivity contribution is 0.0831. The van der Waals surface area contributed by atoms with Crippen LogP contribution in [0.5, 0.6) is 0 Å². The van der Waals surface area contributed by atoms with Crippen LogP contribution in [0.2, 0.25) is 0 Å². The Labute approximate surface area is 234 Å². The van der Waals surface area contributed by atoms with Gasteiger partial charge in [0.2, 0.25) is 0 Å². The fraction of sp³-hybridized carbons (Fsp3) is 0.273. The number of piperidine rings is 1. The standard InChI is InChI=1S/C33H32N4O3/c1-23-20-36(30(21-38)32(23)29-14-8-12-26-11-6-7-13-28(26)29)31-19-34-24(2)37(31)27-15-17-35(18-16-27)33(39)40-22-25-9-4-3-5-10-25/h3-14,19,27H,15-18,20,22H2,1-2H3. The molecule has 1 fully saturated rings. The minimum atomic E-state index is -0.282. The van der Waals surface area contributed by atoms with Gasteiger partial charge in [-0.3, -0.25) is 0 Å². The van der Waals surface area contributed by atoms with E-state index in [1.54, 1.807) is 4.90 Å². The number of fused-ring (bicyclic) bond motifs is 1. The lowest BCUT2D eigenvalue weighted by Crippen LogP contribution is -2.40. The molecule has 2 aliphatic rings. The van der Waals surface area contributed by atoms with E-state index in [1.807, 2.05) is 66.6 Å². The first-order valence-electron chi connectivity index (χ1n) is 13.8. The van der Waals surface area contributed by atoms with Crippen LogP contribution in [-0.4, -0.2) is 46.1 Å². The van der Waals surface area contributed by atoms with Gasteiger partial charge in [0.15, 0.2) is 5.94 Å². The Morgan fingerprint density at radius 1 is 0.975 bits per heavy atom. The summed E-state index contributed by atoms with van der Waals surface area (Å²) in [4.78, 5) is 33.7. The lowest BCUT2D eigenvalue weighted by atomic mass is 9.95. The van der Waals surface area contributed by atoms with Crippen molar-refractivity contribution in [1.29, 1.82) is 0 Å². The Balaban J connectivity index is 1.20. The second-order valence-corrected chi connectivity index (χ2v) is 10.5. The van der Waals surface area contributed by atoms with Gasteiger partial charge in [0.25, 0.3) is 0 Å². The average Bonchev–Trinajstić information content (AvgIpc) is 3.54. The minimum Gasteiger partial charge on any atom is -0.445 e. The minimum absolute atomic E-state index is 0.158. The number of rotatable bonds is 5. The maximum atomic E-state index is 12.7. The van der Waals surface area contributed by atoms with E-state index in [1.165, 1.54) is 0 Å². The van der Waals surface area contributed by atoms with Gasteiger partial charge in [-0.1, -0.05) is 72.8 Å². The number of carbonyl (C=O) groups excluding carboxylic acids is 2. The molecule has 2 aliphatic heterocycles. The van der Waals surface area contributed by atoms with Gasteiger partial charge < -0.3 is 19.1 Å². The number of imidazole rings is 1. The molecule has 202 valence electrons. The zero-order valence-corrected chi connectivity index (χ0v) is 22.8. The van der Waals surface area contributed by atoms with Crippen LogP contribution in [-0.2, 0) is 16.1 Å². The molecule has 40 heavy (non-hydrogen) atoms. The molecule has 0 saturated carbocycles. The SMILES string of the molecule is CC1=C(c2cccc3ccccc23)C(=C=O)N(c2cnc(C)n2C2CCN(C(=O)OCc3ccccc3)CC2)C1. The number of amides is 1. The molecular formula is C33H32N4O3. The number of allylic oxidation sites excluding steroid dienone is 1. The average molecular weight is 533 g/mol. The molecule has 0 aliphatic carbocycles. The van der Waals surface area contributed by atoms with Gasteiger partial charge in [-0.15, -0.1) is 0 Å². The first kappa shape index (κ1) is 25.7. The van der Waals surface area contributed by atoms with Crippen molar-refractivity contribution < 1.29 is 14.3 Å². The topological polar surface area (TPSA) is 67.7 Å². The highest BCUT2D eigenvalue weighted by Crippen LogP contribution is 2.41. The van der Waals surface area contributed by atoms with E-state index in [4.69, 9.17) is 4.74 Å². The summed E-state index contributed by atoms with van der Waals surface area (Å²) in [7, 11) is 0. The third-order valence-corrected chi connectivity index (χ3v) is 8.02. The fourth-order valence-corrected chi connectivity index (χ4v) is 6.04. The Bertz CT molecular complexity index is 1640. The predicted molar refractivity (Wildman–Crippen MR) is 157 cm³/mol. The maximum absolute atomic E-state index is 12.7. The number of anilines is 1.